The van der Waals surface area contributed by atoms with Gasteiger partial charge < -0.3 is 14.9 Å². The third-order valence-corrected chi connectivity index (χ3v) is 3.95. The van der Waals surface area contributed by atoms with Crippen molar-refractivity contribution in [2.75, 3.05) is 19.6 Å². The first-order chi connectivity index (χ1) is 9.79. The average Bonchev–Trinajstić information content (AvgIpc) is 2.80. The van der Waals surface area contributed by atoms with Crippen molar-refractivity contribution in [2.24, 2.45) is 9.98 Å². The lowest BCUT2D eigenvalue weighted by Gasteiger charge is -2.34. The molecule has 102 valence electrons. The van der Waals surface area contributed by atoms with Crippen LogP contribution in [-0.2, 0) is 0 Å². The van der Waals surface area contributed by atoms with E-state index >= 15 is 0 Å². The number of hydrogen-bond acceptors (Lipinski definition) is 5. The van der Waals surface area contributed by atoms with Crippen molar-refractivity contribution < 1.29 is 5.11 Å². The molecule has 5 nitrogen and oxygen atoms in total. The van der Waals surface area contributed by atoms with Gasteiger partial charge in [0.15, 0.2) is 0 Å². The fourth-order valence-electron chi connectivity index (χ4n) is 2.67. The normalized spacial score (nSPS) is 24.1. The lowest BCUT2D eigenvalue weighted by atomic mass is 10.1. The van der Waals surface area contributed by atoms with E-state index in [0.717, 1.165) is 37.0 Å². The van der Waals surface area contributed by atoms with Gasteiger partial charge >= 0.3 is 0 Å². The van der Waals surface area contributed by atoms with Gasteiger partial charge in [-0.25, -0.2) is 4.99 Å². The Hall–Kier alpha value is -2.30. The summed E-state index contributed by atoms with van der Waals surface area (Å²) in [5, 5.41) is 9.58. The Balaban J connectivity index is 1.60. The van der Waals surface area contributed by atoms with E-state index in [1.807, 2.05) is 12.1 Å². The quantitative estimate of drug-likeness (QED) is 0.844. The molecular weight excluding hydrogens is 252 g/mol. The molecule has 1 N–H and O–H groups in total. The first-order valence-electron chi connectivity index (χ1n) is 6.95. The van der Waals surface area contributed by atoms with Crippen molar-refractivity contribution in [3.63, 3.8) is 0 Å². The fraction of sp³-hybridized carbons (Fsp3) is 0.333. The minimum Gasteiger partial charge on any atom is -0.508 e. The van der Waals surface area contributed by atoms with Crippen LogP contribution >= 0.6 is 0 Å². The maximum absolute atomic E-state index is 9.58. The molecule has 1 atom stereocenters. The summed E-state index contributed by atoms with van der Waals surface area (Å²) in [4.78, 5) is 13.6. The van der Waals surface area contributed by atoms with Crippen LogP contribution in [0.15, 0.2) is 46.5 Å². The van der Waals surface area contributed by atoms with Crippen molar-refractivity contribution in [2.45, 2.75) is 12.5 Å². The maximum atomic E-state index is 9.58. The molecule has 0 radical (unpaired) electrons. The summed E-state index contributed by atoms with van der Waals surface area (Å²) in [7, 11) is 0. The number of phenols is 1. The minimum atomic E-state index is 0.0428. The molecule has 3 aliphatic rings. The molecule has 1 aromatic carbocycles. The standard InChI is InChI=1S/C15H16N4O/c20-12-4-1-3-11(9-12)13-10-19-8-5-14(17-15(19)16-13)18-6-2-7-18/h1,3-5,8-9,13,20H,2,6-7,10H2. The molecular formula is C15H16N4O. The van der Waals surface area contributed by atoms with E-state index in [4.69, 9.17) is 0 Å². The van der Waals surface area contributed by atoms with Gasteiger partial charge in [-0.3, -0.25) is 0 Å². The third kappa shape index (κ3) is 1.86. The smallest absolute Gasteiger partial charge is 0.227 e. The topological polar surface area (TPSA) is 51.4 Å². The molecule has 4 rings (SSSR count). The molecule has 1 unspecified atom stereocenters. The zero-order valence-electron chi connectivity index (χ0n) is 11.1. The predicted molar refractivity (Wildman–Crippen MR) is 77.8 cm³/mol. The highest BCUT2D eigenvalue weighted by molar-refractivity contribution is 6.05. The second-order valence-electron chi connectivity index (χ2n) is 5.32. The number of benzene rings is 1. The van der Waals surface area contributed by atoms with Crippen LogP contribution in [0, 0.1) is 0 Å². The minimum absolute atomic E-state index is 0.0428. The van der Waals surface area contributed by atoms with Crippen molar-refractivity contribution in [3.8, 4) is 5.75 Å². The number of amidine groups is 1. The van der Waals surface area contributed by atoms with Crippen molar-refractivity contribution in [1.82, 2.24) is 9.80 Å². The van der Waals surface area contributed by atoms with Crippen molar-refractivity contribution in [1.29, 1.82) is 0 Å². The highest BCUT2D eigenvalue weighted by Gasteiger charge is 2.29. The second kappa shape index (κ2) is 4.37. The van der Waals surface area contributed by atoms with Gasteiger partial charge in [-0.1, -0.05) is 12.1 Å². The summed E-state index contributed by atoms with van der Waals surface area (Å²) < 4.78 is 0. The first kappa shape index (κ1) is 11.5. The molecule has 5 heteroatoms. The molecule has 0 bridgehead atoms. The molecule has 3 aliphatic heterocycles. The van der Waals surface area contributed by atoms with Gasteiger partial charge in [-0.2, -0.15) is 4.99 Å². The second-order valence-corrected chi connectivity index (χ2v) is 5.32. The highest BCUT2D eigenvalue weighted by atomic mass is 16.3. The molecule has 3 heterocycles. The number of guanidine groups is 1. The van der Waals surface area contributed by atoms with E-state index in [0.29, 0.717) is 0 Å². The van der Waals surface area contributed by atoms with Crippen LogP contribution < -0.4 is 0 Å². The van der Waals surface area contributed by atoms with Crippen LogP contribution in [0.1, 0.15) is 18.0 Å². The van der Waals surface area contributed by atoms with Crippen LogP contribution in [0.4, 0.5) is 0 Å². The predicted octanol–water partition coefficient (Wildman–Crippen LogP) is 1.74. The Morgan fingerprint density at radius 3 is 2.90 bits per heavy atom. The largest absolute Gasteiger partial charge is 0.508 e. The summed E-state index contributed by atoms with van der Waals surface area (Å²) in [5.74, 6) is 2.08. The monoisotopic (exact) mass is 268 g/mol. The summed E-state index contributed by atoms with van der Waals surface area (Å²) in [5.41, 5.74) is 1.03. The number of aromatic hydroxyl groups is 1. The Kier molecular flexibility index (Phi) is 2.52. The Morgan fingerprint density at radius 2 is 2.15 bits per heavy atom. The molecule has 1 fully saturated rings. The molecule has 20 heavy (non-hydrogen) atoms. The third-order valence-electron chi connectivity index (χ3n) is 3.95. The SMILES string of the molecule is Oc1cccc(C2CN3C=CC(N4CCC4)=NC3=N2)c1. The van der Waals surface area contributed by atoms with Crippen molar-refractivity contribution >= 4 is 11.8 Å². The Bertz CT molecular complexity index is 631. The van der Waals surface area contributed by atoms with E-state index < -0.39 is 0 Å². The zero-order chi connectivity index (χ0) is 13.5. The average molecular weight is 268 g/mol. The summed E-state index contributed by atoms with van der Waals surface area (Å²) in [6.45, 7) is 2.96. The van der Waals surface area contributed by atoms with E-state index in [2.05, 4.69) is 32.1 Å². The fourth-order valence-corrected chi connectivity index (χ4v) is 2.67. The lowest BCUT2D eigenvalue weighted by molar-refractivity contribution is 0.301. The number of fused-ring (bicyclic) bond motifs is 1. The van der Waals surface area contributed by atoms with Crippen LogP contribution in [-0.4, -0.2) is 46.3 Å². The van der Waals surface area contributed by atoms with Crippen LogP contribution in [0.2, 0.25) is 0 Å². The molecule has 0 saturated carbocycles. The van der Waals surface area contributed by atoms with Gasteiger partial charge in [0.25, 0.3) is 0 Å². The highest BCUT2D eigenvalue weighted by Crippen LogP contribution is 2.29. The van der Waals surface area contributed by atoms with Gasteiger partial charge in [0.05, 0.1) is 12.6 Å². The number of aliphatic imine (C=N–C) groups is 2. The first-order valence-corrected chi connectivity index (χ1v) is 6.95. The van der Waals surface area contributed by atoms with Gasteiger partial charge in [0, 0.05) is 19.3 Å². The zero-order valence-corrected chi connectivity index (χ0v) is 11.1. The van der Waals surface area contributed by atoms with Gasteiger partial charge in [0.2, 0.25) is 5.96 Å². The number of rotatable bonds is 1. The van der Waals surface area contributed by atoms with E-state index in [1.54, 1.807) is 12.1 Å². The van der Waals surface area contributed by atoms with E-state index in [-0.39, 0.29) is 11.8 Å². The Labute approximate surface area is 117 Å². The van der Waals surface area contributed by atoms with Gasteiger partial charge in [-0.05, 0) is 30.2 Å². The van der Waals surface area contributed by atoms with Crippen LogP contribution in [0.25, 0.3) is 0 Å². The summed E-state index contributed by atoms with van der Waals surface area (Å²) in [6.07, 6.45) is 5.36. The number of phenolic OH excluding ortho intramolecular Hbond substituents is 1. The lowest BCUT2D eigenvalue weighted by Crippen LogP contribution is -2.43. The molecule has 0 spiro atoms. The molecule has 0 amide bonds. The van der Waals surface area contributed by atoms with Crippen LogP contribution in [0.3, 0.4) is 0 Å². The number of hydrogen-bond donors (Lipinski definition) is 1. The molecule has 0 aliphatic carbocycles. The Morgan fingerprint density at radius 1 is 1.25 bits per heavy atom. The van der Waals surface area contributed by atoms with Gasteiger partial charge in [0.1, 0.15) is 11.6 Å². The van der Waals surface area contributed by atoms with E-state index in [9.17, 15) is 5.11 Å². The molecule has 0 aromatic heterocycles. The van der Waals surface area contributed by atoms with Gasteiger partial charge in [-0.15, -0.1) is 0 Å². The molecule has 1 saturated heterocycles. The maximum Gasteiger partial charge on any atom is 0.227 e. The van der Waals surface area contributed by atoms with E-state index in [1.165, 1.54) is 6.42 Å². The number of nitrogens with zero attached hydrogens (tertiary/aromatic N) is 4. The summed E-state index contributed by atoms with van der Waals surface area (Å²) in [6, 6.07) is 7.35. The summed E-state index contributed by atoms with van der Waals surface area (Å²) >= 11 is 0. The molecule has 1 aromatic rings. The van der Waals surface area contributed by atoms with Crippen molar-refractivity contribution in [3.05, 3.63) is 42.1 Å². The van der Waals surface area contributed by atoms with Crippen LogP contribution in [0.5, 0.6) is 5.75 Å². The number of likely N-dealkylation sites (tertiary alicyclic amines) is 1.